The highest BCUT2D eigenvalue weighted by Gasteiger charge is 2.29. The Hall–Kier alpha value is -1.55. The number of hydrogen-bond donors (Lipinski definition) is 3. The standard InChI is InChI=1S/C13H19N3O/c14-7-2-8-15-11-3-1-4-12(9-11)16-13(17)10-5-6-10/h1,3-4,9-10,15H,2,5-8,14H2,(H,16,17). The van der Waals surface area contributed by atoms with Gasteiger partial charge in [0.1, 0.15) is 0 Å². The maximum Gasteiger partial charge on any atom is 0.227 e. The van der Waals surface area contributed by atoms with Gasteiger partial charge in [-0.3, -0.25) is 4.79 Å². The van der Waals surface area contributed by atoms with Gasteiger partial charge in [-0.15, -0.1) is 0 Å². The molecule has 92 valence electrons. The summed E-state index contributed by atoms with van der Waals surface area (Å²) in [4.78, 5) is 11.6. The van der Waals surface area contributed by atoms with Crippen molar-refractivity contribution in [2.75, 3.05) is 23.7 Å². The molecule has 0 radical (unpaired) electrons. The predicted molar refractivity (Wildman–Crippen MR) is 70.0 cm³/mol. The van der Waals surface area contributed by atoms with Crippen molar-refractivity contribution >= 4 is 17.3 Å². The van der Waals surface area contributed by atoms with E-state index in [1.54, 1.807) is 0 Å². The van der Waals surface area contributed by atoms with E-state index < -0.39 is 0 Å². The van der Waals surface area contributed by atoms with Crippen molar-refractivity contribution < 1.29 is 4.79 Å². The van der Waals surface area contributed by atoms with Crippen LogP contribution in [0.2, 0.25) is 0 Å². The third kappa shape index (κ3) is 3.75. The quantitative estimate of drug-likeness (QED) is 0.656. The Kier molecular flexibility index (Phi) is 3.98. The molecule has 1 aromatic rings. The lowest BCUT2D eigenvalue weighted by atomic mass is 10.2. The number of nitrogens with one attached hydrogen (secondary N) is 2. The summed E-state index contributed by atoms with van der Waals surface area (Å²) in [6.45, 7) is 1.54. The molecule has 0 bridgehead atoms. The van der Waals surface area contributed by atoms with Gasteiger partial charge in [0.25, 0.3) is 0 Å². The highest BCUT2D eigenvalue weighted by Crippen LogP contribution is 2.30. The zero-order chi connectivity index (χ0) is 12.1. The fourth-order valence-electron chi connectivity index (χ4n) is 1.63. The lowest BCUT2D eigenvalue weighted by molar-refractivity contribution is -0.117. The van der Waals surface area contributed by atoms with Gasteiger partial charge in [-0.2, -0.15) is 0 Å². The smallest absolute Gasteiger partial charge is 0.227 e. The topological polar surface area (TPSA) is 67.2 Å². The maximum absolute atomic E-state index is 11.6. The van der Waals surface area contributed by atoms with Crippen molar-refractivity contribution in [1.82, 2.24) is 0 Å². The maximum atomic E-state index is 11.6. The lowest BCUT2D eigenvalue weighted by Gasteiger charge is -2.08. The Morgan fingerprint density at radius 3 is 2.82 bits per heavy atom. The minimum atomic E-state index is 0.143. The van der Waals surface area contributed by atoms with Crippen molar-refractivity contribution in [3.63, 3.8) is 0 Å². The van der Waals surface area contributed by atoms with Crippen LogP contribution in [0, 0.1) is 5.92 Å². The molecular weight excluding hydrogens is 214 g/mol. The van der Waals surface area contributed by atoms with Crippen LogP contribution in [0.1, 0.15) is 19.3 Å². The van der Waals surface area contributed by atoms with Crippen LogP contribution >= 0.6 is 0 Å². The Balaban J connectivity index is 1.88. The molecule has 4 heteroatoms. The zero-order valence-corrected chi connectivity index (χ0v) is 9.91. The highest BCUT2D eigenvalue weighted by atomic mass is 16.2. The van der Waals surface area contributed by atoms with Crippen LogP contribution in [0.4, 0.5) is 11.4 Å². The number of nitrogens with two attached hydrogens (primary N) is 1. The normalized spacial score (nSPS) is 14.4. The number of anilines is 2. The average molecular weight is 233 g/mol. The summed E-state index contributed by atoms with van der Waals surface area (Å²) < 4.78 is 0. The van der Waals surface area contributed by atoms with Crippen molar-refractivity contribution in [1.29, 1.82) is 0 Å². The Labute approximate surface area is 102 Å². The average Bonchev–Trinajstić information content (AvgIpc) is 3.14. The Bertz CT molecular complexity index is 388. The van der Waals surface area contributed by atoms with Crippen LogP contribution in [0.5, 0.6) is 0 Å². The molecule has 1 aromatic carbocycles. The van der Waals surface area contributed by atoms with E-state index >= 15 is 0 Å². The molecule has 0 spiro atoms. The van der Waals surface area contributed by atoms with E-state index in [9.17, 15) is 4.79 Å². The van der Waals surface area contributed by atoms with Crippen LogP contribution in [-0.4, -0.2) is 19.0 Å². The molecule has 0 aliphatic heterocycles. The molecule has 1 fully saturated rings. The zero-order valence-electron chi connectivity index (χ0n) is 9.91. The van der Waals surface area contributed by atoms with Gasteiger partial charge in [-0.05, 0) is 44.0 Å². The van der Waals surface area contributed by atoms with E-state index in [0.717, 1.165) is 37.2 Å². The van der Waals surface area contributed by atoms with Crippen molar-refractivity contribution in [3.8, 4) is 0 Å². The van der Waals surface area contributed by atoms with E-state index in [-0.39, 0.29) is 11.8 Å². The van der Waals surface area contributed by atoms with Crippen LogP contribution < -0.4 is 16.4 Å². The summed E-state index contributed by atoms with van der Waals surface area (Å²) in [5, 5.41) is 6.20. The molecule has 4 nitrogen and oxygen atoms in total. The third-order valence-electron chi connectivity index (χ3n) is 2.79. The molecule has 0 atom stereocenters. The van der Waals surface area contributed by atoms with Gasteiger partial charge < -0.3 is 16.4 Å². The van der Waals surface area contributed by atoms with Gasteiger partial charge in [0.2, 0.25) is 5.91 Å². The number of carbonyl (C=O) groups is 1. The molecule has 0 heterocycles. The SMILES string of the molecule is NCCCNc1cccc(NC(=O)C2CC2)c1. The third-order valence-corrected chi connectivity index (χ3v) is 2.79. The number of carbonyl (C=O) groups excluding carboxylic acids is 1. The van der Waals surface area contributed by atoms with Gasteiger partial charge in [0.05, 0.1) is 0 Å². The van der Waals surface area contributed by atoms with Gasteiger partial charge in [-0.25, -0.2) is 0 Å². The predicted octanol–water partition coefficient (Wildman–Crippen LogP) is 1.80. The second-order valence-corrected chi connectivity index (χ2v) is 4.41. The second kappa shape index (κ2) is 5.68. The summed E-state index contributed by atoms with van der Waals surface area (Å²) in [6.07, 6.45) is 3.00. The molecule has 17 heavy (non-hydrogen) atoms. The minimum absolute atomic E-state index is 0.143. The number of hydrogen-bond acceptors (Lipinski definition) is 3. The first-order chi connectivity index (χ1) is 8.29. The van der Waals surface area contributed by atoms with Crippen LogP contribution in [0.15, 0.2) is 24.3 Å². The van der Waals surface area contributed by atoms with Gasteiger partial charge in [-0.1, -0.05) is 6.07 Å². The van der Waals surface area contributed by atoms with E-state index in [1.165, 1.54) is 0 Å². The summed E-state index contributed by atoms with van der Waals surface area (Å²) in [5.74, 6) is 0.382. The molecule has 0 aromatic heterocycles. The second-order valence-electron chi connectivity index (χ2n) is 4.41. The van der Waals surface area contributed by atoms with Crippen LogP contribution in [0.3, 0.4) is 0 Å². The van der Waals surface area contributed by atoms with E-state index in [0.29, 0.717) is 6.54 Å². The van der Waals surface area contributed by atoms with Gasteiger partial charge >= 0.3 is 0 Å². The van der Waals surface area contributed by atoms with Crippen LogP contribution in [-0.2, 0) is 4.79 Å². The Morgan fingerprint density at radius 1 is 1.35 bits per heavy atom. The fraction of sp³-hybridized carbons (Fsp3) is 0.462. The molecule has 1 aliphatic carbocycles. The van der Waals surface area contributed by atoms with Gasteiger partial charge in [0.15, 0.2) is 0 Å². The highest BCUT2D eigenvalue weighted by molar-refractivity contribution is 5.94. The Morgan fingerprint density at radius 2 is 2.12 bits per heavy atom. The molecule has 0 saturated heterocycles. The van der Waals surface area contributed by atoms with Crippen molar-refractivity contribution in [2.45, 2.75) is 19.3 Å². The first-order valence-electron chi connectivity index (χ1n) is 6.14. The fourth-order valence-corrected chi connectivity index (χ4v) is 1.63. The molecule has 1 saturated carbocycles. The minimum Gasteiger partial charge on any atom is -0.385 e. The number of amides is 1. The summed E-state index contributed by atoms with van der Waals surface area (Å²) in [6, 6.07) is 7.79. The molecule has 1 aliphatic rings. The van der Waals surface area contributed by atoms with Crippen molar-refractivity contribution in [2.24, 2.45) is 11.7 Å². The lowest BCUT2D eigenvalue weighted by Crippen LogP contribution is -2.13. The number of rotatable bonds is 6. The summed E-state index contributed by atoms with van der Waals surface area (Å²) >= 11 is 0. The number of benzene rings is 1. The molecule has 1 amide bonds. The molecule has 2 rings (SSSR count). The van der Waals surface area contributed by atoms with E-state index in [2.05, 4.69) is 10.6 Å². The summed E-state index contributed by atoms with van der Waals surface area (Å²) in [5.41, 5.74) is 7.31. The largest absolute Gasteiger partial charge is 0.385 e. The first-order valence-corrected chi connectivity index (χ1v) is 6.14. The molecular formula is C13H19N3O. The first kappa shape index (κ1) is 11.9. The van der Waals surface area contributed by atoms with Gasteiger partial charge in [0, 0.05) is 23.8 Å². The van der Waals surface area contributed by atoms with E-state index in [4.69, 9.17) is 5.73 Å². The van der Waals surface area contributed by atoms with Crippen LogP contribution in [0.25, 0.3) is 0 Å². The molecule has 0 unspecified atom stereocenters. The summed E-state index contributed by atoms with van der Waals surface area (Å²) in [7, 11) is 0. The molecule has 4 N–H and O–H groups in total. The van der Waals surface area contributed by atoms with Crippen molar-refractivity contribution in [3.05, 3.63) is 24.3 Å². The monoisotopic (exact) mass is 233 g/mol. The van der Waals surface area contributed by atoms with E-state index in [1.807, 2.05) is 24.3 Å².